The van der Waals surface area contributed by atoms with Gasteiger partial charge in [0, 0.05) is 17.1 Å². The second kappa shape index (κ2) is 6.71. The summed E-state index contributed by atoms with van der Waals surface area (Å²) in [6, 6.07) is 13.3. The molecular weight excluding hydrogens is 302 g/mol. The molecule has 4 nitrogen and oxygen atoms in total. The summed E-state index contributed by atoms with van der Waals surface area (Å²) in [5, 5.41) is 0.934. The van der Waals surface area contributed by atoms with Gasteiger partial charge >= 0.3 is 5.97 Å². The normalized spacial score (nSPS) is 10.6. The average molecular weight is 321 g/mol. The molecule has 1 aromatic heterocycles. The van der Waals surface area contributed by atoms with E-state index in [4.69, 9.17) is 9.47 Å². The van der Waals surface area contributed by atoms with Crippen LogP contribution in [0, 0.1) is 13.8 Å². The summed E-state index contributed by atoms with van der Waals surface area (Å²) in [7, 11) is 0. The number of fused-ring (bicyclic) bond motifs is 1. The van der Waals surface area contributed by atoms with Gasteiger partial charge in [0.05, 0.1) is 17.7 Å². The van der Waals surface area contributed by atoms with Gasteiger partial charge in [0.25, 0.3) is 0 Å². The Hall–Kier alpha value is -2.88. The number of pyridine rings is 1. The lowest BCUT2D eigenvalue weighted by Gasteiger charge is -2.13. The zero-order valence-electron chi connectivity index (χ0n) is 14.0. The third-order valence-corrected chi connectivity index (χ3v) is 3.86. The quantitative estimate of drug-likeness (QED) is 0.646. The van der Waals surface area contributed by atoms with Crippen LogP contribution in [0.1, 0.15) is 28.4 Å². The maximum Gasteiger partial charge on any atom is 0.338 e. The second-order valence-electron chi connectivity index (χ2n) is 5.58. The monoisotopic (exact) mass is 321 g/mol. The molecule has 0 amide bonds. The van der Waals surface area contributed by atoms with E-state index in [9.17, 15) is 4.79 Å². The van der Waals surface area contributed by atoms with Gasteiger partial charge < -0.3 is 9.47 Å². The van der Waals surface area contributed by atoms with E-state index in [0.29, 0.717) is 23.7 Å². The van der Waals surface area contributed by atoms with E-state index in [0.717, 1.165) is 22.0 Å². The van der Waals surface area contributed by atoms with Crippen molar-refractivity contribution in [3.05, 3.63) is 65.4 Å². The molecule has 0 N–H and O–H groups in total. The molecule has 4 heteroatoms. The molecule has 0 aliphatic carbocycles. The van der Waals surface area contributed by atoms with Crippen LogP contribution in [0.5, 0.6) is 11.5 Å². The molecule has 0 aliphatic heterocycles. The molecule has 0 atom stereocenters. The Morgan fingerprint density at radius 2 is 1.92 bits per heavy atom. The third kappa shape index (κ3) is 3.08. The summed E-state index contributed by atoms with van der Waals surface area (Å²) in [6.45, 7) is 6.02. The molecule has 0 saturated carbocycles. The number of rotatable bonds is 4. The first-order valence-electron chi connectivity index (χ1n) is 7.90. The fourth-order valence-electron chi connectivity index (χ4n) is 2.59. The van der Waals surface area contributed by atoms with E-state index in [1.165, 1.54) is 0 Å². The van der Waals surface area contributed by atoms with Crippen LogP contribution in [0.3, 0.4) is 0 Å². The Kier molecular flexibility index (Phi) is 4.47. The zero-order chi connectivity index (χ0) is 17.1. The molecule has 0 aliphatic rings. The summed E-state index contributed by atoms with van der Waals surface area (Å²) in [5.74, 6) is 1.01. The van der Waals surface area contributed by atoms with Gasteiger partial charge in [0.15, 0.2) is 0 Å². The van der Waals surface area contributed by atoms with E-state index >= 15 is 0 Å². The predicted octanol–water partition coefficient (Wildman–Crippen LogP) is 4.82. The van der Waals surface area contributed by atoms with Crippen molar-refractivity contribution in [1.82, 2.24) is 4.98 Å². The van der Waals surface area contributed by atoms with Crippen molar-refractivity contribution >= 4 is 16.9 Å². The summed E-state index contributed by atoms with van der Waals surface area (Å²) < 4.78 is 11.2. The fraction of sp³-hybridized carbons (Fsp3) is 0.200. The number of hydrogen-bond acceptors (Lipinski definition) is 4. The van der Waals surface area contributed by atoms with Crippen molar-refractivity contribution in [2.45, 2.75) is 20.8 Å². The molecule has 1 heterocycles. The van der Waals surface area contributed by atoms with Gasteiger partial charge in [-0.25, -0.2) is 4.79 Å². The van der Waals surface area contributed by atoms with E-state index in [1.807, 2.05) is 44.2 Å². The first-order chi connectivity index (χ1) is 11.6. The number of hydrogen-bond donors (Lipinski definition) is 0. The van der Waals surface area contributed by atoms with Gasteiger partial charge in [0.2, 0.25) is 0 Å². The number of aromatic nitrogens is 1. The first-order valence-corrected chi connectivity index (χ1v) is 7.90. The highest BCUT2D eigenvalue weighted by molar-refractivity contribution is 5.92. The molecule has 0 radical (unpaired) electrons. The highest BCUT2D eigenvalue weighted by atomic mass is 16.5. The molecule has 24 heavy (non-hydrogen) atoms. The molecule has 3 aromatic rings. The van der Waals surface area contributed by atoms with Crippen LogP contribution < -0.4 is 4.74 Å². The Morgan fingerprint density at radius 1 is 1.08 bits per heavy atom. The van der Waals surface area contributed by atoms with Crippen molar-refractivity contribution in [2.75, 3.05) is 6.61 Å². The molecule has 0 fully saturated rings. The molecule has 0 unspecified atom stereocenters. The SMILES string of the molecule is CCOC(=O)c1cccc(Oc2ccnc3cc(C)ccc23)c1C. The van der Waals surface area contributed by atoms with Gasteiger partial charge in [0.1, 0.15) is 11.5 Å². The maximum atomic E-state index is 12.0. The summed E-state index contributed by atoms with van der Waals surface area (Å²) in [4.78, 5) is 16.4. The first kappa shape index (κ1) is 16.0. The average Bonchev–Trinajstić information content (AvgIpc) is 2.57. The molecule has 0 spiro atoms. The number of ether oxygens (including phenoxy) is 2. The maximum absolute atomic E-state index is 12.0. The molecule has 2 aromatic carbocycles. The van der Waals surface area contributed by atoms with Crippen LogP contribution in [-0.2, 0) is 4.74 Å². The van der Waals surface area contributed by atoms with Gasteiger partial charge in [-0.3, -0.25) is 4.98 Å². The van der Waals surface area contributed by atoms with Gasteiger partial charge in [-0.1, -0.05) is 12.1 Å². The van der Waals surface area contributed by atoms with Crippen LogP contribution in [-0.4, -0.2) is 17.6 Å². The smallest absolute Gasteiger partial charge is 0.338 e. The second-order valence-corrected chi connectivity index (χ2v) is 5.58. The topological polar surface area (TPSA) is 48.4 Å². The zero-order valence-corrected chi connectivity index (χ0v) is 14.0. The van der Waals surface area contributed by atoms with Crippen LogP contribution in [0.15, 0.2) is 48.7 Å². The number of benzene rings is 2. The van der Waals surface area contributed by atoms with Crippen molar-refractivity contribution in [3.8, 4) is 11.5 Å². The van der Waals surface area contributed by atoms with Crippen molar-refractivity contribution in [2.24, 2.45) is 0 Å². The Balaban J connectivity index is 2.00. The molecule has 122 valence electrons. The van der Waals surface area contributed by atoms with E-state index in [-0.39, 0.29) is 5.97 Å². The fourth-order valence-corrected chi connectivity index (χ4v) is 2.59. The van der Waals surface area contributed by atoms with Crippen LogP contribution in [0.4, 0.5) is 0 Å². The molecule has 0 bridgehead atoms. The Bertz CT molecular complexity index is 903. The minimum absolute atomic E-state index is 0.337. The number of carbonyl (C=O) groups excluding carboxylic acids is 1. The van der Waals surface area contributed by atoms with Gasteiger partial charge in [-0.05, 0) is 56.7 Å². The Labute approximate surface area is 141 Å². The van der Waals surface area contributed by atoms with Crippen LogP contribution >= 0.6 is 0 Å². The largest absolute Gasteiger partial charge is 0.462 e. The minimum atomic E-state index is -0.337. The van der Waals surface area contributed by atoms with E-state index in [1.54, 1.807) is 25.3 Å². The molecule has 0 saturated heterocycles. The predicted molar refractivity (Wildman–Crippen MR) is 93.7 cm³/mol. The molecular formula is C20H19NO3. The number of aryl methyl sites for hydroxylation is 1. The van der Waals surface area contributed by atoms with Crippen molar-refractivity contribution < 1.29 is 14.3 Å². The highest BCUT2D eigenvalue weighted by Crippen LogP contribution is 2.32. The summed E-state index contributed by atoms with van der Waals surface area (Å²) in [6.07, 6.45) is 1.72. The van der Waals surface area contributed by atoms with Crippen LogP contribution in [0.2, 0.25) is 0 Å². The lowest BCUT2D eigenvalue weighted by molar-refractivity contribution is 0.0525. The Morgan fingerprint density at radius 3 is 2.71 bits per heavy atom. The number of esters is 1. The van der Waals surface area contributed by atoms with Gasteiger partial charge in [-0.15, -0.1) is 0 Å². The highest BCUT2D eigenvalue weighted by Gasteiger charge is 2.14. The summed E-state index contributed by atoms with van der Waals surface area (Å²) >= 11 is 0. The number of nitrogens with zero attached hydrogens (tertiary/aromatic N) is 1. The van der Waals surface area contributed by atoms with Crippen molar-refractivity contribution in [3.63, 3.8) is 0 Å². The van der Waals surface area contributed by atoms with E-state index < -0.39 is 0 Å². The number of carbonyl (C=O) groups is 1. The van der Waals surface area contributed by atoms with Gasteiger partial charge in [-0.2, -0.15) is 0 Å². The lowest BCUT2D eigenvalue weighted by Crippen LogP contribution is -2.07. The lowest BCUT2D eigenvalue weighted by atomic mass is 10.1. The third-order valence-electron chi connectivity index (χ3n) is 3.86. The standard InChI is InChI=1S/C20H19NO3/c1-4-23-20(22)15-6-5-7-18(14(15)3)24-19-10-11-21-17-12-13(2)8-9-16(17)19/h5-12H,4H2,1-3H3. The van der Waals surface area contributed by atoms with E-state index in [2.05, 4.69) is 4.98 Å². The minimum Gasteiger partial charge on any atom is -0.462 e. The summed E-state index contributed by atoms with van der Waals surface area (Å²) in [5.41, 5.74) is 3.30. The van der Waals surface area contributed by atoms with Crippen molar-refractivity contribution in [1.29, 1.82) is 0 Å². The van der Waals surface area contributed by atoms with Crippen LogP contribution in [0.25, 0.3) is 10.9 Å². The molecule has 3 rings (SSSR count).